The monoisotopic (exact) mass is 221 g/mol. The van der Waals surface area contributed by atoms with Crippen LogP contribution in [0.15, 0.2) is 24.3 Å². The van der Waals surface area contributed by atoms with E-state index in [1.807, 2.05) is 12.1 Å². The van der Waals surface area contributed by atoms with Crippen LogP contribution in [0.4, 0.5) is 0 Å². The number of hydrogen-bond donors (Lipinski definition) is 2. The third kappa shape index (κ3) is 1.70. The van der Waals surface area contributed by atoms with E-state index >= 15 is 0 Å². The lowest BCUT2D eigenvalue weighted by Crippen LogP contribution is -2.52. The second kappa shape index (κ2) is 3.88. The lowest BCUT2D eigenvalue weighted by Gasteiger charge is -2.43. The molecule has 0 saturated heterocycles. The molecule has 2 rings (SSSR count). The van der Waals surface area contributed by atoms with Gasteiger partial charge in [-0.1, -0.05) is 18.2 Å². The van der Waals surface area contributed by atoms with E-state index in [9.17, 15) is 9.90 Å². The first kappa shape index (κ1) is 11.1. The Bertz CT molecular complexity index is 410. The smallest absolute Gasteiger partial charge is 0.338 e. The topological polar surface area (TPSA) is 72.5 Å². The Morgan fingerprint density at radius 3 is 2.69 bits per heavy atom. The molecule has 0 amide bonds. The fraction of sp³-hybridized carbons (Fsp3) is 0.417. The summed E-state index contributed by atoms with van der Waals surface area (Å²) in [6.45, 7) is 0. The normalized spacial score (nSPS) is 28.3. The van der Waals surface area contributed by atoms with Gasteiger partial charge in [-0.2, -0.15) is 0 Å². The highest BCUT2D eigenvalue weighted by molar-refractivity contribution is 5.91. The number of benzene rings is 1. The molecule has 0 heterocycles. The van der Waals surface area contributed by atoms with Gasteiger partial charge in [0.2, 0.25) is 0 Å². The molecular weight excluding hydrogens is 206 g/mol. The van der Waals surface area contributed by atoms with Crippen molar-refractivity contribution in [1.29, 1.82) is 0 Å². The average Bonchev–Trinajstić information content (AvgIpc) is 2.26. The number of hydrogen-bond acceptors (Lipinski definition) is 4. The van der Waals surface area contributed by atoms with Gasteiger partial charge in [0.1, 0.15) is 0 Å². The number of esters is 1. The molecule has 1 aliphatic carbocycles. The first-order chi connectivity index (χ1) is 7.57. The van der Waals surface area contributed by atoms with Crippen molar-refractivity contribution in [1.82, 2.24) is 0 Å². The Kier molecular flexibility index (Phi) is 2.69. The van der Waals surface area contributed by atoms with Crippen LogP contribution in [0, 0.1) is 0 Å². The molecule has 1 aromatic rings. The molecule has 0 aromatic heterocycles. The average molecular weight is 221 g/mol. The minimum absolute atomic E-state index is 0.365. The van der Waals surface area contributed by atoms with Crippen molar-refractivity contribution in [2.45, 2.75) is 24.5 Å². The first-order valence-electron chi connectivity index (χ1n) is 5.21. The van der Waals surface area contributed by atoms with Gasteiger partial charge in [0, 0.05) is 5.54 Å². The number of ether oxygens (including phenoxy) is 1. The van der Waals surface area contributed by atoms with E-state index in [1.54, 1.807) is 12.1 Å². The molecule has 86 valence electrons. The van der Waals surface area contributed by atoms with Crippen LogP contribution in [0.25, 0.3) is 0 Å². The Balaban J connectivity index is 2.37. The maximum absolute atomic E-state index is 11.6. The third-order valence-corrected chi connectivity index (χ3v) is 3.07. The lowest BCUT2D eigenvalue weighted by molar-refractivity contribution is 0.0196. The molecular formula is C12H15NO3. The Labute approximate surface area is 94.0 Å². The van der Waals surface area contributed by atoms with Crippen LogP contribution in [0.1, 0.15) is 28.8 Å². The number of carbonyl (C=O) groups is 1. The van der Waals surface area contributed by atoms with Crippen molar-refractivity contribution in [2.75, 3.05) is 7.11 Å². The third-order valence-electron chi connectivity index (χ3n) is 3.07. The number of aliphatic hydroxyl groups excluding tert-OH is 1. The highest BCUT2D eigenvalue weighted by Gasteiger charge is 2.43. The molecule has 4 nitrogen and oxygen atoms in total. The highest BCUT2D eigenvalue weighted by Crippen LogP contribution is 2.40. The zero-order valence-corrected chi connectivity index (χ0v) is 9.14. The molecule has 3 N–H and O–H groups in total. The molecule has 0 aliphatic heterocycles. The van der Waals surface area contributed by atoms with Crippen LogP contribution in [-0.4, -0.2) is 24.3 Å². The highest BCUT2D eigenvalue weighted by atomic mass is 16.5. The van der Waals surface area contributed by atoms with Gasteiger partial charge >= 0.3 is 5.97 Å². The SMILES string of the molecule is COC(=O)c1ccccc1C1(N)CC(O)C1. The number of methoxy groups -OCH3 is 1. The molecule has 0 unspecified atom stereocenters. The summed E-state index contributed by atoms with van der Waals surface area (Å²) < 4.78 is 4.71. The minimum atomic E-state index is -0.593. The van der Waals surface area contributed by atoms with Crippen LogP contribution in [0.5, 0.6) is 0 Å². The minimum Gasteiger partial charge on any atom is -0.465 e. The maximum Gasteiger partial charge on any atom is 0.338 e. The molecule has 1 aliphatic rings. The Morgan fingerprint density at radius 1 is 1.50 bits per heavy atom. The van der Waals surface area contributed by atoms with Gasteiger partial charge in [-0.15, -0.1) is 0 Å². The van der Waals surface area contributed by atoms with Crippen molar-refractivity contribution in [2.24, 2.45) is 5.73 Å². The zero-order valence-electron chi connectivity index (χ0n) is 9.14. The van der Waals surface area contributed by atoms with E-state index in [0.29, 0.717) is 18.4 Å². The quantitative estimate of drug-likeness (QED) is 0.724. The first-order valence-corrected chi connectivity index (χ1v) is 5.21. The van der Waals surface area contributed by atoms with E-state index in [1.165, 1.54) is 7.11 Å². The molecule has 0 spiro atoms. The largest absolute Gasteiger partial charge is 0.465 e. The maximum atomic E-state index is 11.6. The Hall–Kier alpha value is -1.39. The lowest BCUT2D eigenvalue weighted by atomic mass is 9.69. The van der Waals surface area contributed by atoms with E-state index < -0.39 is 5.54 Å². The van der Waals surface area contributed by atoms with Gasteiger partial charge < -0.3 is 15.6 Å². The summed E-state index contributed by atoms with van der Waals surface area (Å²) in [5.74, 6) is -0.387. The van der Waals surface area contributed by atoms with Crippen LogP contribution < -0.4 is 5.73 Å². The summed E-state index contributed by atoms with van der Waals surface area (Å²) in [5.41, 5.74) is 6.79. The van der Waals surface area contributed by atoms with Crippen molar-refractivity contribution in [3.05, 3.63) is 35.4 Å². The van der Waals surface area contributed by atoms with E-state index in [4.69, 9.17) is 10.5 Å². The van der Waals surface area contributed by atoms with Crippen LogP contribution in [0.3, 0.4) is 0 Å². The number of rotatable bonds is 2. The van der Waals surface area contributed by atoms with Crippen molar-refractivity contribution >= 4 is 5.97 Å². The molecule has 1 fully saturated rings. The zero-order chi connectivity index (χ0) is 11.8. The van der Waals surface area contributed by atoms with E-state index in [0.717, 1.165) is 5.56 Å². The molecule has 0 atom stereocenters. The predicted octanol–water partition coefficient (Wildman–Crippen LogP) is 0.782. The Morgan fingerprint density at radius 2 is 2.12 bits per heavy atom. The van der Waals surface area contributed by atoms with E-state index in [2.05, 4.69) is 0 Å². The number of carbonyl (C=O) groups excluding carboxylic acids is 1. The molecule has 4 heteroatoms. The fourth-order valence-corrected chi connectivity index (χ4v) is 2.21. The summed E-state index contributed by atoms with van der Waals surface area (Å²) >= 11 is 0. The molecule has 0 radical (unpaired) electrons. The second-order valence-corrected chi connectivity index (χ2v) is 4.26. The summed E-state index contributed by atoms with van der Waals surface area (Å²) in [5, 5.41) is 9.34. The van der Waals surface area contributed by atoms with Crippen LogP contribution in [0.2, 0.25) is 0 Å². The van der Waals surface area contributed by atoms with Gasteiger partial charge in [-0.05, 0) is 24.5 Å². The molecule has 1 saturated carbocycles. The molecule has 0 bridgehead atoms. The van der Waals surface area contributed by atoms with Crippen LogP contribution >= 0.6 is 0 Å². The standard InChI is InChI=1S/C12H15NO3/c1-16-11(15)9-4-2-3-5-10(9)12(13)6-8(14)7-12/h2-5,8,14H,6-7,13H2,1H3. The number of aliphatic hydroxyl groups is 1. The summed E-state index contributed by atoms with van der Waals surface area (Å²) in [7, 11) is 1.35. The number of nitrogens with two attached hydrogens (primary N) is 1. The van der Waals surface area contributed by atoms with Gasteiger partial charge in [0.05, 0.1) is 18.8 Å². The van der Waals surface area contributed by atoms with Gasteiger partial charge in [0.25, 0.3) is 0 Å². The predicted molar refractivity (Wildman–Crippen MR) is 58.9 cm³/mol. The molecule has 16 heavy (non-hydrogen) atoms. The van der Waals surface area contributed by atoms with Gasteiger partial charge in [-0.3, -0.25) is 0 Å². The van der Waals surface area contributed by atoms with E-state index in [-0.39, 0.29) is 12.1 Å². The van der Waals surface area contributed by atoms with Crippen molar-refractivity contribution < 1.29 is 14.6 Å². The molecule has 1 aromatic carbocycles. The second-order valence-electron chi connectivity index (χ2n) is 4.26. The van der Waals surface area contributed by atoms with Crippen molar-refractivity contribution in [3.63, 3.8) is 0 Å². The summed E-state index contributed by atoms with van der Waals surface area (Å²) in [4.78, 5) is 11.6. The summed E-state index contributed by atoms with van der Waals surface area (Å²) in [6.07, 6.45) is 0.609. The van der Waals surface area contributed by atoms with Gasteiger partial charge in [0.15, 0.2) is 0 Å². The fourth-order valence-electron chi connectivity index (χ4n) is 2.21. The van der Waals surface area contributed by atoms with Crippen LogP contribution in [-0.2, 0) is 10.3 Å². The van der Waals surface area contributed by atoms with Crippen molar-refractivity contribution in [3.8, 4) is 0 Å². The summed E-state index contributed by atoms with van der Waals surface area (Å²) in [6, 6.07) is 7.12. The van der Waals surface area contributed by atoms with Gasteiger partial charge in [-0.25, -0.2) is 4.79 Å².